The molecule has 0 amide bonds. The van der Waals surface area contributed by atoms with Gasteiger partial charge in [0.05, 0.1) is 12.1 Å². The van der Waals surface area contributed by atoms with Gasteiger partial charge in [0.2, 0.25) is 5.76 Å². The van der Waals surface area contributed by atoms with E-state index in [9.17, 15) is 18.0 Å². The number of rotatable bonds is 4. The number of aromatic carboxylic acids is 1. The van der Waals surface area contributed by atoms with Gasteiger partial charge in [-0.2, -0.15) is 13.2 Å². The van der Waals surface area contributed by atoms with Crippen LogP contribution in [0.5, 0.6) is 0 Å². The molecule has 0 saturated carbocycles. The van der Waals surface area contributed by atoms with Crippen molar-refractivity contribution in [3.63, 3.8) is 0 Å². The van der Waals surface area contributed by atoms with Crippen LogP contribution in [0, 0.1) is 0 Å². The van der Waals surface area contributed by atoms with Crippen LogP contribution in [-0.4, -0.2) is 11.1 Å². The van der Waals surface area contributed by atoms with E-state index in [0.717, 1.165) is 12.1 Å². The van der Waals surface area contributed by atoms with Crippen molar-refractivity contribution in [3.05, 3.63) is 51.9 Å². The zero-order chi connectivity index (χ0) is 15.6. The lowest BCUT2D eigenvalue weighted by Crippen LogP contribution is -2.07. The molecule has 0 aliphatic heterocycles. The fourth-order valence-electron chi connectivity index (χ4n) is 1.61. The van der Waals surface area contributed by atoms with Crippen LogP contribution in [0.25, 0.3) is 0 Å². The predicted molar refractivity (Wildman–Crippen MR) is 72.1 cm³/mol. The van der Waals surface area contributed by atoms with E-state index in [2.05, 4.69) is 21.2 Å². The first-order valence-corrected chi connectivity index (χ1v) is 6.49. The molecule has 8 heteroatoms. The minimum Gasteiger partial charge on any atom is -0.475 e. The van der Waals surface area contributed by atoms with Gasteiger partial charge in [0, 0.05) is 10.2 Å². The maximum absolute atomic E-state index is 12.6. The molecule has 1 aromatic heterocycles. The Labute approximate surface area is 125 Å². The van der Waals surface area contributed by atoms with Gasteiger partial charge in [-0.05, 0) is 46.3 Å². The van der Waals surface area contributed by atoms with Gasteiger partial charge in [-0.1, -0.05) is 0 Å². The summed E-state index contributed by atoms with van der Waals surface area (Å²) in [7, 11) is 0. The standard InChI is InChI=1S/C13H9BrF3NO3/c14-9-3-1-7(13(15,16)17)5-10(9)18-6-8-2-4-11(21-8)12(19)20/h1-5,18H,6H2,(H,19,20). The molecule has 112 valence electrons. The minimum absolute atomic E-state index is 0.0627. The van der Waals surface area contributed by atoms with Crippen molar-refractivity contribution in [2.75, 3.05) is 5.32 Å². The number of carbonyl (C=O) groups is 1. The lowest BCUT2D eigenvalue weighted by atomic mass is 10.2. The Morgan fingerprint density at radius 3 is 2.57 bits per heavy atom. The van der Waals surface area contributed by atoms with Crippen molar-refractivity contribution in [1.29, 1.82) is 0 Å². The molecule has 2 N–H and O–H groups in total. The molecule has 2 aromatic rings. The molecule has 0 aliphatic rings. The van der Waals surface area contributed by atoms with E-state index in [1.165, 1.54) is 18.2 Å². The highest BCUT2D eigenvalue weighted by Gasteiger charge is 2.30. The van der Waals surface area contributed by atoms with E-state index in [1.54, 1.807) is 0 Å². The summed E-state index contributed by atoms with van der Waals surface area (Å²) in [5.41, 5.74) is -0.544. The number of hydrogen-bond donors (Lipinski definition) is 2. The Balaban J connectivity index is 2.13. The van der Waals surface area contributed by atoms with Crippen LogP contribution in [0.3, 0.4) is 0 Å². The van der Waals surface area contributed by atoms with Gasteiger partial charge in [-0.3, -0.25) is 0 Å². The molecule has 2 rings (SSSR count). The van der Waals surface area contributed by atoms with E-state index < -0.39 is 17.7 Å². The predicted octanol–water partition coefficient (Wildman–Crippen LogP) is 4.37. The summed E-state index contributed by atoms with van der Waals surface area (Å²) in [6.07, 6.45) is -4.43. The summed E-state index contributed by atoms with van der Waals surface area (Å²) in [5.74, 6) is -1.13. The first-order valence-electron chi connectivity index (χ1n) is 5.70. The highest BCUT2D eigenvalue weighted by atomic mass is 79.9. The summed E-state index contributed by atoms with van der Waals surface area (Å²) in [6.45, 7) is 0.0627. The average molecular weight is 364 g/mol. The number of carboxylic acids is 1. The van der Waals surface area contributed by atoms with Gasteiger partial charge in [-0.15, -0.1) is 0 Å². The van der Waals surface area contributed by atoms with E-state index in [-0.39, 0.29) is 18.0 Å². The third kappa shape index (κ3) is 3.78. The molecule has 0 bridgehead atoms. The maximum Gasteiger partial charge on any atom is 0.416 e. The fraction of sp³-hybridized carbons (Fsp3) is 0.154. The number of hydrogen-bond acceptors (Lipinski definition) is 3. The van der Waals surface area contributed by atoms with E-state index >= 15 is 0 Å². The summed E-state index contributed by atoms with van der Waals surface area (Å²) >= 11 is 3.14. The van der Waals surface area contributed by atoms with E-state index in [0.29, 0.717) is 10.2 Å². The molecular weight excluding hydrogens is 355 g/mol. The highest BCUT2D eigenvalue weighted by Crippen LogP contribution is 2.34. The molecule has 0 atom stereocenters. The maximum atomic E-state index is 12.6. The number of anilines is 1. The van der Waals surface area contributed by atoms with E-state index in [4.69, 9.17) is 9.52 Å². The molecule has 1 heterocycles. The number of benzene rings is 1. The van der Waals surface area contributed by atoms with Crippen LogP contribution in [-0.2, 0) is 12.7 Å². The largest absolute Gasteiger partial charge is 0.475 e. The van der Waals surface area contributed by atoms with Crippen LogP contribution in [0.15, 0.2) is 39.2 Å². The SMILES string of the molecule is O=C(O)c1ccc(CNc2cc(C(F)(F)F)ccc2Br)o1. The highest BCUT2D eigenvalue weighted by molar-refractivity contribution is 9.10. The van der Waals surface area contributed by atoms with Gasteiger partial charge < -0.3 is 14.8 Å². The molecule has 0 aliphatic carbocycles. The Morgan fingerprint density at radius 1 is 1.29 bits per heavy atom. The minimum atomic E-state index is -4.43. The second-order valence-corrected chi connectivity index (χ2v) is 4.97. The van der Waals surface area contributed by atoms with Crippen molar-refractivity contribution in [2.45, 2.75) is 12.7 Å². The average Bonchev–Trinajstić information content (AvgIpc) is 2.85. The Bertz CT molecular complexity index is 667. The Hall–Kier alpha value is -1.96. The molecule has 0 radical (unpaired) electrons. The molecule has 4 nitrogen and oxygen atoms in total. The van der Waals surface area contributed by atoms with Gasteiger partial charge in [0.1, 0.15) is 5.76 Å². The molecule has 0 saturated heterocycles. The first kappa shape index (κ1) is 15.4. The monoisotopic (exact) mass is 363 g/mol. The number of furan rings is 1. The topological polar surface area (TPSA) is 62.5 Å². The Morgan fingerprint density at radius 2 is 2.00 bits per heavy atom. The van der Waals surface area contributed by atoms with Crippen LogP contribution in [0.1, 0.15) is 21.9 Å². The lowest BCUT2D eigenvalue weighted by Gasteiger charge is -2.11. The second-order valence-electron chi connectivity index (χ2n) is 4.12. The van der Waals surface area contributed by atoms with E-state index in [1.807, 2.05) is 0 Å². The van der Waals surface area contributed by atoms with Crippen molar-refractivity contribution in [3.8, 4) is 0 Å². The molecule has 1 aromatic carbocycles. The molecular formula is C13H9BrF3NO3. The smallest absolute Gasteiger partial charge is 0.416 e. The van der Waals surface area contributed by atoms with Crippen LogP contribution in [0.4, 0.5) is 18.9 Å². The van der Waals surface area contributed by atoms with Crippen molar-refractivity contribution in [2.24, 2.45) is 0 Å². The van der Waals surface area contributed by atoms with Gasteiger partial charge in [0.15, 0.2) is 0 Å². The summed E-state index contributed by atoms with van der Waals surface area (Å²) in [4.78, 5) is 10.7. The van der Waals surface area contributed by atoms with Gasteiger partial charge >= 0.3 is 12.1 Å². The third-order valence-corrected chi connectivity index (χ3v) is 3.31. The quantitative estimate of drug-likeness (QED) is 0.846. The first-order chi connectivity index (χ1) is 9.77. The Kier molecular flexibility index (Phi) is 4.26. The van der Waals surface area contributed by atoms with Crippen LogP contribution >= 0.6 is 15.9 Å². The van der Waals surface area contributed by atoms with Gasteiger partial charge in [-0.25, -0.2) is 4.79 Å². The zero-order valence-electron chi connectivity index (χ0n) is 10.4. The second kappa shape index (κ2) is 5.80. The summed E-state index contributed by atoms with van der Waals surface area (Å²) in [5, 5.41) is 11.5. The molecule has 21 heavy (non-hydrogen) atoms. The van der Waals surface area contributed by atoms with Crippen LogP contribution in [0.2, 0.25) is 0 Å². The third-order valence-electron chi connectivity index (χ3n) is 2.62. The van der Waals surface area contributed by atoms with Gasteiger partial charge in [0.25, 0.3) is 0 Å². The molecule has 0 fully saturated rings. The van der Waals surface area contributed by atoms with Crippen molar-refractivity contribution in [1.82, 2.24) is 0 Å². The number of halogens is 4. The number of nitrogens with one attached hydrogen (secondary N) is 1. The summed E-state index contributed by atoms with van der Waals surface area (Å²) in [6, 6.07) is 5.93. The lowest BCUT2D eigenvalue weighted by molar-refractivity contribution is -0.137. The number of alkyl halides is 3. The number of carboxylic acid groups (broad SMARTS) is 1. The molecule has 0 spiro atoms. The van der Waals surface area contributed by atoms with Crippen molar-refractivity contribution < 1.29 is 27.5 Å². The zero-order valence-corrected chi connectivity index (χ0v) is 12.0. The van der Waals surface area contributed by atoms with Crippen LogP contribution < -0.4 is 5.32 Å². The van der Waals surface area contributed by atoms with Crippen molar-refractivity contribution >= 4 is 27.6 Å². The molecule has 0 unspecified atom stereocenters. The normalized spacial score (nSPS) is 11.4. The fourth-order valence-corrected chi connectivity index (χ4v) is 1.99. The summed E-state index contributed by atoms with van der Waals surface area (Å²) < 4.78 is 43.3.